The Bertz CT molecular complexity index is 889. The fourth-order valence-electron chi connectivity index (χ4n) is 2.39. The van der Waals surface area contributed by atoms with E-state index in [1.165, 1.54) is 0 Å². The van der Waals surface area contributed by atoms with Crippen LogP contribution in [0.5, 0.6) is 0 Å². The van der Waals surface area contributed by atoms with Crippen LogP contribution in [0.3, 0.4) is 0 Å². The normalized spacial score (nSPS) is 10.4. The summed E-state index contributed by atoms with van der Waals surface area (Å²) in [5, 5.41) is 6.53. The smallest absolute Gasteiger partial charge is 0.255 e. The van der Waals surface area contributed by atoms with Gasteiger partial charge >= 0.3 is 0 Å². The Hall–Kier alpha value is -2.92. The van der Waals surface area contributed by atoms with Crippen LogP contribution in [0.15, 0.2) is 54.6 Å². The summed E-state index contributed by atoms with van der Waals surface area (Å²) in [7, 11) is 0. The second-order valence-corrected chi connectivity index (χ2v) is 6.08. The molecule has 1 aromatic heterocycles. The highest BCUT2D eigenvalue weighted by Crippen LogP contribution is 2.18. The van der Waals surface area contributed by atoms with Gasteiger partial charge < -0.3 is 10.6 Å². The third-order valence-electron chi connectivity index (χ3n) is 3.47. The van der Waals surface area contributed by atoms with E-state index in [4.69, 9.17) is 11.6 Å². The van der Waals surface area contributed by atoms with Gasteiger partial charge in [0, 0.05) is 33.3 Å². The number of halogens is 1. The van der Waals surface area contributed by atoms with Gasteiger partial charge in [0.15, 0.2) is 0 Å². The molecule has 0 radical (unpaired) electrons. The molecule has 5 nitrogen and oxygen atoms in total. The molecule has 2 aromatic carbocycles. The molecule has 0 aliphatic heterocycles. The van der Waals surface area contributed by atoms with Gasteiger partial charge in [-0.15, -0.1) is 0 Å². The Morgan fingerprint density at radius 3 is 2.24 bits per heavy atom. The van der Waals surface area contributed by atoms with E-state index in [2.05, 4.69) is 20.6 Å². The Labute approximate surface area is 151 Å². The van der Waals surface area contributed by atoms with Crippen molar-refractivity contribution in [1.29, 1.82) is 0 Å². The van der Waals surface area contributed by atoms with Crippen molar-refractivity contribution in [3.8, 4) is 0 Å². The van der Waals surface area contributed by atoms with Gasteiger partial charge in [0.25, 0.3) is 5.91 Å². The summed E-state index contributed by atoms with van der Waals surface area (Å²) in [5.41, 5.74) is 3.81. The molecule has 3 aromatic rings. The molecule has 0 saturated carbocycles. The van der Waals surface area contributed by atoms with Crippen molar-refractivity contribution in [3.63, 3.8) is 0 Å². The Morgan fingerprint density at radius 1 is 0.920 bits per heavy atom. The molecule has 6 heteroatoms. The van der Waals surface area contributed by atoms with Crippen LogP contribution in [0.25, 0.3) is 0 Å². The topological polar surface area (TPSA) is 66.9 Å². The molecule has 1 amide bonds. The first-order chi connectivity index (χ1) is 12.0. The van der Waals surface area contributed by atoms with Crippen molar-refractivity contribution < 1.29 is 4.79 Å². The summed E-state index contributed by atoms with van der Waals surface area (Å²) >= 11 is 5.92. The van der Waals surface area contributed by atoms with E-state index in [0.29, 0.717) is 22.2 Å². The molecule has 0 aliphatic rings. The van der Waals surface area contributed by atoms with E-state index >= 15 is 0 Å². The van der Waals surface area contributed by atoms with Crippen molar-refractivity contribution in [2.24, 2.45) is 0 Å². The Morgan fingerprint density at radius 2 is 1.60 bits per heavy atom. The monoisotopic (exact) mass is 352 g/mol. The molecule has 0 spiro atoms. The minimum absolute atomic E-state index is 0.198. The predicted molar refractivity (Wildman–Crippen MR) is 101 cm³/mol. The third-order valence-corrected chi connectivity index (χ3v) is 3.70. The van der Waals surface area contributed by atoms with E-state index in [-0.39, 0.29) is 5.91 Å². The minimum Gasteiger partial charge on any atom is -0.324 e. The van der Waals surface area contributed by atoms with Crippen LogP contribution < -0.4 is 10.6 Å². The SMILES string of the molecule is Cc1cc(C)nc(Nc2ccc(C(=O)Nc3cccc(Cl)c3)cc2)n1. The average molecular weight is 353 g/mol. The maximum atomic E-state index is 12.3. The number of aromatic nitrogens is 2. The number of nitrogens with zero attached hydrogens (tertiary/aromatic N) is 2. The summed E-state index contributed by atoms with van der Waals surface area (Å²) in [4.78, 5) is 21.0. The van der Waals surface area contributed by atoms with E-state index < -0.39 is 0 Å². The minimum atomic E-state index is -0.198. The van der Waals surface area contributed by atoms with Crippen molar-refractivity contribution in [1.82, 2.24) is 9.97 Å². The molecule has 0 atom stereocenters. The number of anilines is 3. The summed E-state index contributed by atoms with van der Waals surface area (Å²) < 4.78 is 0. The van der Waals surface area contributed by atoms with Gasteiger partial charge in [-0.2, -0.15) is 0 Å². The predicted octanol–water partition coefficient (Wildman–Crippen LogP) is 4.74. The highest BCUT2D eigenvalue weighted by Gasteiger charge is 2.07. The van der Waals surface area contributed by atoms with Gasteiger partial charge in [-0.3, -0.25) is 4.79 Å². The lowest BCUT2D eigenvalue weighted by atomic mass is 10.2. The molecule has 0 bridgehead atoms. The molecule has 0 unspecified atom stereocenters. The number of carbonyl (C=O) groups is 1. The van der Waals surface area contributed by atoms with E-state index in [1.807, 2.05) is 32.0 Å². The van der Waals surface area contributed by atoms with Crippen molar-refractivity contribution >= 4 is 34.8 Å². The zero-order chi connectivity index (χ0) is 17.8. The number of nitrogens with one attached hydrogen (secondary N) is 2. The Balaban J connectivity index is 1.70. The largest absolute Gasteiger partial charge is 0.324 e. The van der Waals surface area contributed by atoms with Crippen LogP contribution in [0, 0.1) is 13.8 Å². The maximum absolute atomic E-state index is 12.3. The number of aryl methyl sites for hydroxylation is 2. The van der Waals surface area contributed by atoms with Crippen LogP contribution in [0.4, 0.5) is 17.3 Å². The number of rotatable bonds is 4. The number of amides is 1. The number of hydrogen-bond acceptors (Lipinski definition) is 4. The first kappa shape index (κ1) is 16.9. The summed E-state index contributed by atoms with van der Waals surface area (Å²) in [6.45, 7) is 3.84. The third kappa shape index (κ3) is 4.55. The zero-order valence-corrected chi connectivity index (χ0v) is 14.6. The average Bonchev–Trinajstić information content (AvgIpc) is 2.54. The quantitative estimate of drug-likeness (QED) is 0.711. The molecular formula is C19H17ClN4O. The van der Waals surface area contributed by atoms with Gasteiger partial charge in [-0.1, -0.05) is 17.7 Å². The summed E-state index contributed by atoms with van der Waals surface area (Å²) in [5.74, 6) is 0.338. The molecule has 0 aliphatic carbocycles. The first-order valence-corrected chi connectivity index (χ1v) is 8.14. The molecule has 126 valence electrons. The van der Waals surface area contributed by atoms with Crippen molar-refractivity contribution in [3.05, 3.63) is 76.6 Å². The fraction of sp³-hybridized carbons (Fsp3) is 0.105. The van der Waals surface area contributed by atoms with Gasteiger partial charge in [0.05, 0.1) is 0 Å². The van der Waals surface area contributed by atoms with Gasteiger partial charge in [-0.05, 0) is 62.4 Å². The van der Waals surface area contributed by atoms with Crippen LogP contribution in [0.1, 0.15) is 21.7 Å². The summed E-state index contributed by atoms with van der Waals surface area (Å²) in [6.07, 6.45) is 0. The molecule has 0 saturated heterocycles. The van der Waals surface area contributed by atoms with Crippen molar-refractivity contribution in [2.75, 3.05) is 10.6 Å². The maximum Gasteiger partial charge on any atom is 0.255 e. The Kier molecular flexibility index (Phi) is 4.95. The fourth-order valence-corrected chi connectivity index (χ4v) is 2.58. The first-order valence-electron chi connectivity index (χ1n) is 7.76. The molecule has 2 N–H and O–H groups in total. The van der Waals surface area contributed by atoms with Gasteiger partial charge in [-0.25, -0.2) is 9.97 Å². The van der Waals surface area contributed by atoms with E-state index in [1.54, 1.807) is 36.4 Å². The molecule has 0 fully saturated rings. The number of hydrogen-bond donors (Lipinski definition) is 2. The molecular weight excluding hydrogens is 336 g/mol. The van der Waals surface area contributed by atoms with Crippen LogP contribution in [-0.4, -0.2) is 15.9 Å². The lowest BCUT2D eigenvalue weighted by Gasteiger charge is -2.08. The molecule has 3 rings (SSSR count). The standard InChI is InChI=1S/C19H17ClN4O/c1-12-10-13(2)22-19(21-12)24-16-8-6-14(7-9-16)18(25)23-17-5-3-4-15(20)11-17/h3-11H,1-2H3,(H,23,25)(H,21,22,24). The van der Waals surface area contributed by atoms with Crippen LogP contribution >= 0.6 is 11.6 Å². The lowest BCUT2D eigenvalue weighted by molar-refractivity contribution is 0.102. The molecule has 25 heavy (non-hydrogen) atoms. The highest BCUT2D eigenvalue weighted by atomic mass is 35.5. The second-order valence-electron chi connectivity index (χ2n) is 5.64. The van der Waals surface area contributed by atoms with E-state index in [0.717, 1.165) is 17.1 Å². The van der Waals surface area contributed by atoms with Crippen molar-refractivity contribution in [2.45, 2.75) is 13.8 Å². The lowest BCUT2D eigenvalue weighted by Crippen LogP contribution is -2.11. The highest BCUT2D eigenvalue weighted by molar-refractivity contribution is 6.30. The van der Waals surface area contributed by atoms with Crippen LogP contribution in [0.2, 0.25) is 5.02 Å². The zero-order valence-electron chi connectivity index (χ0n) is 13.9. The van der Waals surface area contributed by atoms with Crippen LogP contribution in [-0.2, 0) is 0 Å². The molecule has 1 heterocycles. The second kappa shape index (κ2) is 7.32. The number of carbonyl (C=O) groups excluding carboxylic acids is 1. The van der Waals surface area contributed by atoms with Gasteiger partial charge in [0.1, 0.15) is 0 Å². The van der Waals surface area contributed by atoms with E-state index in [9.17, 15) is 4.79 Å². The number of benzene rings is 2. The van der Waals surface area contributed by atoms with Gasteiger partial charge in [0.2, 0.25) is 5.95 Å². The summed E-state index contributed by atoms with van der Waals surface area (Å²) in [6, 6.07) is 16.1.